The number of esters is 2. The zero-order chi connectivity index (χ0) is 24.6. The summed E-state index contributed by atoms with van der Waals surface area (Å²) in [6.07, 6.45) is 7.24. The summed E-state index contributed by atoms with van der Waals surface area (Å²) in [4.78, 5) is 25.4. The van der Waals surface area contributed by atoms with Crippen molar-refractivity contribution in [3.05, 3.63) is 71.8 Å². The van der Waals surface area contributed by atoms with Crippen LogP contribution >= 0.6 is 0 Å². The van der Waals surface area contributed by atoms with Gasteiger partial charge < -0.3 is 9.47 Å². The van der Waals surface area contributed by atoms with E-state index in [1.807, 2.05) is 60.7 Å². The third-order valence-corrected chi connectivity index (χ3v) is 10.1. The molecule has 2 aromatic carbocycles. The minimum absolute atomic E-state index is 0.00141. The van der Waals surface area contributed by atoms with Gasteiger partial charge in [0.1, 0.15) is 12.2 Å². The Labute approximate surface area is 209 Å². The van der Waals surface area contributed by atoms with E-state index in [1.54, 1.807) is 0 Å². The van der Waals surface area contributed by atoms with Gasteiger partial charge in [-0.05, 0) is 97.8 Å². The predicted octanol–water partition coefficient (Wildman–Crippen LogP) is 7.09. The molecule has 7 atom stereocenters. The van der Waals surface area contributed by atoms with Gasteiger partial charge in [0.25, 0.3) is 0 Å². The molecule has 186 valence electrons. The summed E-state index contributed by atoms with van der Waals surface area (Å²) in [6, 6.07) is 18.7. The summed E-state index contributed by atoms with van der Waals surface area (Å²) in [5.74, 6) is 1.03. The number of carbonyl (C=O) groups is 2. The summed E-state index contributed by atoms with van der Waals surface area (Å²) in [6.45, 7) is 7.27. The zero-order valence-electron chi connectivity index (χ0n) is 21.2. The molecule has 3 aliphatic carbocycles. The van der Waals surface area contributed by atoms with Crippen LogP contribution in [0, 0.1) is 28.6 Å². The molecule has 0 aromatic heterocycles. The van der Waals surface area contributed by atoms with Crippen molar-refractivity contribution >= 4 is 11.9 Å². The van der Waals surface area contributed by atoms with Crippen LogP contribution < -0.4 is 0 Å². The zero-order valence-corrected chi connectivity index (χ0v) is 21.2. The van der Waals surface area contributed by atoms with E-state index in [2.05, 4.69) is 20.8 Å². The van der Waals surface area contributed by atoms with Crippen molar-refractivity contribution in [3.8, 4) is 0 Å². The van der Waals surface area contributed by atoms with Gasteiger partial charge in [0.2, 0.25) is 0 Å². The number of ether oxygens (including phenoxy) is 2. The van der Waals surface area contributed by atoms with Gasteiger partial charge in [-0.15, -0.1) is 0 Å². The highest BCUT2D eigenvalue weighted by molar-refractivity contribution is 5.89. The van der Waals surface area contributed by atoms with E-state index in [9.17, 15) is 9.59 Å². The molecule has 35 heavy (non-hydrogen) atoms. The Morgan fingerprint density at radius 1 is 0.743 bits per heavy atom. The number of carbonyl (C=O) groups excluding carboxylic acids is 2. The van der Waals surface area contributed by atoms with E-state index >= 15 is 0 Å². The highest BCUT2D eigenvalue weighted by atomic mass is 16.5. The maximum absolute atomic E-state index is 12.8. The number of fused-ring (bicyclic) bond motifs is 3. The molecule has 3 saturated carbocycles. The topological polar surface area (TPSA) is 52.6 Å². The van der Waals surface area contributed by atoms with Crippen LogP contribution in [0.15, 0.2) is 60.7 Å². The standard InChI is InChI=1S/C31H38O4/c1-21-26-15-14-24-20-25(34-28(32)22-10-6-4-7-11-22)16-18-30(24,2)31(26,3)19-17-27(21)35-29(33)23-12-8-5-9-13-23/h4-13,21,24-27H,14-20H2,1-3H3. The number of hydrogen-bond acceptors (Lipinski definition) is 4. The molecule has 7 unspecified atom stereocenters. The molecule has 0 amide bonds. The third-order valence-electron chi connectivity index (χ3n) is 10.1. The minimum Gasteiger partial charge on any atom is -0.459 e. The monoisotopic (exact) mass is 474 g/mol. The van der Waals surface area contributed by atoms with Gasteiger partial charge in [0.15, 0.2) is 0 Å². The molecule has 0 bridgehead atoms. The molecule has 4 nitrogen and oxygen atoms in total. The number of benzene rings is 2. The Hall–Kier alpha value is -2.62. The van der Waals surface area contributed by atoms with Crippen LogP contribution in [0.1, 0.15) is 86.4 Å². The lowest BCUT2D eigenvalue weighted by atomic mass is 9.41. The van der Waals surface area contributed by atoms with Crippen molar-refractivity contribution in [2.24, 2.45) is 28.6 Å². The maximum Gasteiger partial charge on any atom is 0.338 e. The Balaban J connectivity index is 1.25. The average molecular weight is 475 g/mol. The molecule has 0 saturated heterocycles. The molecule has 0 aliphatic heterocycles. The van der Waals surface area contributed by atoms with Gasteiger partial charge >= 0.3 is 11.9 Å². The molecular formula is C31H38O4. The van der Waals surface area contributed by atoms with Gasteiger partial charge in [-0.25, -0.2) is 9.59 Å². The van der Waals surface area contributed by atoms with E-state index in [0.717, 1.165) is 44.9 Å². The van der Waals surface area contributed by atoms with Crippen molar-refractivity contribution in [3.63, 3.8) is 0 Å². The van der Waals surface area contributed by atoms with E-state index in [-0.39, 0.29) is 35.0 Å². The molecule has 3 fully saturated rings. The van der Waals surface area contributed by atoms with Gasteiger partial charge in [-0.3, -0.25) is 0 Å². The molecule has 0 heterocycles. The Bertz CT molecular complexity index is 1050. The highest BCUT2D eigenvalue weighted by Crippen LogP contribution is 2.67. The van der Waals surface area contributed by atoms with Crippen molar-refractivity contribution in [2.75, 3.05) is 0 Å². The largest absolute Gasteiger partial charge is 0.459 e. The van der Waals surface area contributed by atoms with E-state index in [1.165, 1.54) is 0 Å². The number of hydrogen-bond donors (Lipinski definition) is 0. The van der Waals surface area contributed by atoms with E-state index in [4.69, 9.17) is 9.47 Å². The quantitative estimate of drug-likeness (QED) is 0.444. The Morgan fingerprint density at radius 3 is 1.94 bits per heavy atom. The minimum atomic E-state index is -0.202. The van der Waals surface area contributed by atoms with Gasteiger partial charge in [0, 0.05) is 0 Å². The summed E-state index contributed by atoms with van der Waals surface area (Å²) in [5.41, 5.74) is 1.69. The first kappa shape index (κ1) is 24.1. The lowest BCUT2D eigenvalue weighted by Crippen LogP contribution is -2.59. The van der Waals surface area contributed by atoms with Crippen LogP contribution in [-0.2, 0) is 9.47 Å². The Kier molecular flexibility index (Phi) is 6.50. The summed E-state index contributed by atoms with van der Waals surface area (Å²) in [5, 5.41) is 0. The first-order chi connectivity index (χ1) is 16.8. The predicted molar refractivity (Wildman–Crippen MR) is 136 cm³/mol. The molecule has 0 spiro atoms. The second kappa shape index (κ2) is 9.44. The Morgan fingerprint density at radius 2 is 1.31 bits per heavy atom. The van der Waals surface area contributed by atoms with Gasteiger partial charge in [0.05, 0.1) is 11.1 Å². The number of rotatable bonds is 4. The fourth-order valence-electron chi connectivity index (χ4n) is 7.80. The van der Waals surface area contributed by atoms with Crippen LogP contribution in [0.5, 0.6) is 0 Å². The molecule has 2 aromatic rings. The first-order valence-electron chi connectivity index (χ1n) is 13.3. The highest BCUT2D eigenvalue weighted by Gasteiger charge is 2.61. The molecule has 0 N–H and O–H groups in total. The smallest absolute Gasteiger partial charge is 0.338 e. The fourth-order valence-corrected chi connectivity index (χ4v) is 7.80. The van der Waals surface area contributed by atoms with Crippen molar-refractivity contribution in [1.29, 1.82) is 0 Å². The van der Waals surface area contributed by atoms with Crippen LogP contribution in [-0.4, -0.2) is 24.1 Å². The molecule has 5 rings (SSSR count). The second-order valence-corrected chi connectivity index (χ2v) is 11.6. The normalized spacial score (nSPS) is 36.4. The molecule has 0 radical (unpaired) electrons. The van der Waals surface area contributed by atoms with Gasteiger partial charge in [-0.2, -0.15) is 0 Å². The van der Waals surface area contributed by atoms with Crippen molar-refractivity contribution < 1.29 is 19.1 Å². The van der Waals surface area contributed by atoms with Crippen LogP contribution in [0.3, 0.4) is 0 Å². The van der Waals surface area contributed by atoms with Crippen LogP contribution in [0.25, 0.3) is 0 Å². The summed E-state index contributed by atoms with van der Waals surface area (Å²) < 4.78 is 12.0. The maximum atomic E-state index is 12.8. The van der Waals surface area contributed by atoms with Gasteiger partial charge in [-0.1, -0.05) is 57.2 Å². The molecule has 4 heteroatoms. The van der Waals surface area contributed by atoms with Crippen LogP contribution in [0.2, 0.25) is 0 Å². The fraction of sp³-hybridized carbons (Fsp3) is 0.548. The lowest BCUT2D eigenvalue weighted by molar-refractivity contribution is -0.178. The second-order valence-electron chi connectivity index (χ2n) is 11.6. The van der Waals surface area contributed by atoms with E-state index < -0.39 is 0 Å². The average Bonchev–Trinajstić information content (AvgIpc) is 2.88. The lowest BCUT2D eigenvalue weighted by Gasteiger charge is -2.65. The summed E-state index contributed by atoms with van der Waals surface area (Å²) >= 11 is 0. The third kappa shape index (κ3) is 4.30. The summed E-state index contributed by atoms with van der Waals surface area (Å²) in [7, 11) is 0. The molecular weight excluding hydrogens is 436 g/mol. The van der Waals surface area contributed by atoms with Crippen molar-refractivity contribution in [1.82, 2.24) is 0 Å². The van der Waals surface area contributed by atoms with Crippen molar-refractivity contribution in [2.45, 2.75) is 77.9 Å². The first-order valence-corrected chi connectivity index (χ1v) is 13.3. The van der Waals surface area contributed by atoms with E-state index in [0.29, 0.717) is 28.9 Å². The molecule has 3 aliphatic rings. The SMILES string of the molecule is CC1C(OC(=O)c2ccccc2)CCC2(C)C1CCC1CC(OC(=O)c3ccccc3)CCC12C. The van der Waals surface area contributed by atoms with Crippen LogP contribution in [0.4, 0.5) is 0 Å².